The fourth-order valence-corrected chi connectivity index (χ4v) is 3.05. The van der Waals surface area contributed by atoms with E-state index in [1.165, 1.54) is 27.5 Å². The number of halogens is 1. The molecule has 0 saturated carbocycles. The summed E-state index contributed by atoms with van der Waals surface area (Å²) in [6, 6.07) is 6.49. The second-order valence-corrected chi connectivity index (χ2v) is 6.01. The van der Waals surface area contributed by atoms with E-state index < -0.39 is 0 Å². The highest BCUT2D eigenvalue weighted by atomic mass is 127. The summed E-state index contributed by atoms with van der Waals surface area (Å²) in [5.41, 5.74) is 2.41. The van der Waals surface area contributed by atoms with Crippen LogP contribution in [-0.2, 0) is 6.42 Å². The lowest BCUT2D eigenvalue weighted by atomic mass is 9.92. The lowest BCUT2D eigenvalue weighted by Gasteiger charge is -2.21. The zero-order chi connectivity index (χ0) is 11.7. The Morgan fingerprint density at radius 2 is 2.12 bits per heavy atom. The van der Waals surface area contributed by atoms with Gasteiger partial charge < -0.3 is 5.32 Å². The predicted molar refractivity (Wildman–Crippen MR) is 78.1 cm³/mol. The Bertz CT molecular complexity index is 514. The molecule has 0 radical (unpaired) electrons. The van der Waals surface area contributed by atoms with Crippen LogP contribution in [0.25, 0.3) is 10.9 Å². The predicted octanol–water partition coefficient (Wildman–Crippen LogP) is 2.71. The summed E-state index contributed by atoms with van der Waals surface area (Å²) >= 11 is 2.33. The van der Waals surface area contributed by atoms with Crippen molar-refractivity contribution >= 4 is 33.5 Å². The maximum absolute atomic E-state index is 4.40. The number of fused-ring (bicyclic) bond motifs is 1. The third-order valence-electron chi connectivity index (χ3n) is 3.55. The first-order valence-electron chi connectivity index (χ1n) is 6.16. The molecule has 1 aromatic heterocycles. The number of hydrogen-bond donors (Lipinski definition) is 2. The van der Waals surface area contributed by atoms with Crippen LogP contribution in [0.2, 0.25) is 0 Å². The van der Waals surface area contributed by atoms with Gasteiger partial charge in [0.2, 0.25) is 0 Å². The SMILES string of the molecule is Ic1ccc2c(CC3CCNCC3)[nH]nc2c1. The average Bonchev–Trinajstić information content (AvgIpc) is 2.73. The van der Waals surface area contributed by atoms with Crippen molar-refractivity contribution in [1.82, 2.24) is 15.5 Å². The van der Waals surface area contributed by atoms with Gasteiger partial charge in [-0.3, -0.25) is 5.10 Å². The highest BCUT2D eigenvalue weighted by Gasteiger charge is 2.16. The second kappa shape index (κ2) is 4.94. The summed E-state index contributed by atoms with van der Waals surface area (Å²) < 4.78 is 1.25. The van der Waals surface area contributed by atoms with E-state index >= 15 is 0 Å². The number of piperidine rings is 1. The third-order valence-corrected chi connectivity index (χ3v) is 4.22. The number of nitrogens with zero attached hydrogens (tertiary/aromatic N) is 1. The molecule has 0 amide bonds. The molecule has 17 heavy (non-hydrogen) atoms. The van der Waals surface area contributed by atoms with Crippen LogP contribution in [-0.4, -0.2) is 23.3 Å². The van der Waals surface area contributed by atoms with Gasteiger partial charge in [-0.1, -0.05) is 0 Å². The van der Waals surface area contributed by atoms with E-state index in [1.54, 1.807) is 0 Å². The molecular formula is C13H16IN3. The maximum Gasteiger partial charge on any atom is 0.0934 e. The van der Waals surface area contributed by atoms with Gasteiger partial charge in [0.05, 0.1) is 5.52 Å². The van der Waals surface area contributed by atoms with E-state index in [9.17, 15) is 0 Å². The van der Waals surface area contributed by atoms with E-state index in [0.29, 0.717) is 0 Å². The molecule has 1 aromatic carbocycles. The van der Waals surface area contributed by atoms with Gasteiger partial charge in [0.25, 0.3) is 0 Å². The van der Waals surface area contributed by atoms with Gasteiger partial charge in [-0.25, -0.2) is 0 Å². The number of nitrogens with one attached hydrogen (secondary N) is 2. The van der Waals surface area contributed by atoms with Crippen LogP contribution in [0.4, 0.5) is 0 Å². The normalized spacial score (nSPS) is 17.7. The molecule has 0 atom stereocenters. The summed E-state index contributed by atoms with van der Waals surface area (Å²) in [6.45, 7) is 2.32. The molecule has 1 fully saturated rings. The molecule has 2 heterocycles. The van der Waals surface area contributed by atoms with Crippen LogP contribution >= 0.6 is 22.6 Å². The molecule has 3 nitrogen and oxygen atoms in total. The Morgan fingerprint density at radius 3 is 2.94 bits per heavy atom. The zero-order valence-electron chi connectivity index (χ0n) is 9.67. The number of hydrogen-bond acceptors (Lipinski definition) is 2. The Balaban J connectivity index is 1.84. The van der Waals surface area contributed by atoms with Gasteiger partial charge in [0.1, 0.15) is 0 Å². The van der Waals surface area contributed by atoms with E-state index in [1.807, 2.05) is 0 Å². The molecule has 1 aliphatic heterocycles. The van der Waals surface area contributed by atoms with Crippen molar-refractivity contribution in [3.8, 4) is 0 Å². The van der Waals surface area contributed by atoms with Crippen LogP contribution in [0.3, 0.4) is 0 Å². The lowest BCUT2D eigenvalue weighted by Crippen LogP contribution is -2.28. The van der Waals surface area contributed by atoms with E-state index in [-0.39, 0.29) is 0 Å². The van der Waals surface area contributed by atoms with Crippen LogP contribution in [0.5, 0.6) is 0 Å². The molecular weight excluding hydrogens is 325 g/mol. The molecule has 2 aromatic rings. The number of benzene rings is 1. The molecule has 0 unspecified atom stereocenters. The minimum absolute atomic E-state index is 0.805. The van der Waals surface area contributed by atoms with E-state index in [4.69, 9.17) is 0 Å². The van der Waals surface area contributed by atoms with Crippen LogP contribution in [0, 0.1) is 9.49 Å². The molecule has 0 spiro atoms. The topological polar surface area (TPSA) is 40.7 Å². The van der Waals surface area contributed by atoms with Crippen molar-refractivity contribution in [2.45, 2.75) is 19.3 Å². The minimum atomic E-state index is 0.805. The monoisotopic (exact) mass is 341 g/mol. The van der Waals surface area contributed by atoms with Crippen molar-refractivity contribution < 1.29 is 0 Å². The molecule has 0 aliphatic carbocycles. The quantitative estimate of drug-likeness (QED) is 0.825. The van der Waals surface area contributed by atoms with Gasteiger partial charge in [-0.2, -0.15) is 5.10 Å². The van der Waals surface area contributed by atoms with Crippen molar-refractivity contribution in [3.63, 3.8) is 0 Å². The molecule has 1 aliphatic rings. The zero-order valence-corrected chi connectivity index (χ0v) is 11.8. The smallest absolute Gasteiger partial charge is 0.0934 e. The van der Waals surface area contributed by atoms with E-state index in [0.717, 1.165) is 30.9 Å². The number of rotatable bonds is 2. The van der Waals surface area contributed by atoms with Crippen molar-refractivity contribution in [1.29, 1.82) is 0 Å². The van der Waals surface area contributed by atoms with Crippen molar-refractivity contribution in [2.75, 3.05) is 13.1 Å². The largest absolute Gasteiger partial charge is 0.317 e. The summed E-state index contributed by atoms with van der Waals surface area (Å²) in [4.78, 5) is 0. The molecule has 1 saturated heterocycles. The van der Waals surface area contributed by atoms with Gasteiger partial charge in [0.15, 0.2) is 0 Å². The van der Waals surface area contributed by atoms with Gasteiger partial charge in [0, 0.05) is 14.7 Å². The Hall–Kier alpha value is -0.620. The first-order chi connectivity index (χ1) is 8.33. The summed E-state index contributed by atoms with van der Waals surface area (Å²) in [7, 11) is 0. The second-order valence-electron chi connectivity index (χ2n) is 4.76. The van der Waals surface area contributed by atoms with Gasteiger partial charge >= 0.3 is 0 Å². The third kappa shape index (κ3) is 2.47. The summed E-state index contributed by atoms with van der Waals surface area (Å²) in [5.74, 6) is 0.805. The number of aromatic amines is 1. The Kier molecular flexibility index (Phi) is 3.33. The molecule has 4 heteroatoms. The number of H-pyrrole nitrogens is 1. The fraction of sp³-hybridized carbons (Fsp3) is 0.462. The van der Waals surface area contributed by atoms with Gasteiger partial charge in [-0.05, 0) is 79.1 Å². The standard InChI is InChI=1S/C13H16IN3/c14-10-1-2-11-12(16-17-13(11)8-10)7-9-3-5-15-6-4-9/h1-2,8-9,15H,3-7H2,(H,16,17). The lowest BCUT2D eigenvalue weighted by molar-refractivity contribution is 0.370. The first kappa shape index (κ1) is 11.5. The Morgan fingerprint density at radius 1 is 1.29 bits per heavy atom. The number of aromatic nitrogens is 2. The highest BCUT2D eigenvalue weighted by Crippen LogP contribution is 2.23. The highest BCUT2D eigenvalue weighted by molar-refractivity contribution is 14.1. The minimum Gasteiger partial charge on any atom is -0.317 e. The average molecular weight is 341 g/mol. The van der Waals surface area contributed by atoms with Crippen molar-refractivity contribution in [3.05, 3.63) is 27.5 Å². The van der Waals surface area contributed by atoms with E-state index in [2.05, 4.69) is 56.3 Å². The van der Waals surface area contributed by atoms with Crippen molar-refractivity contribution in [2.24, 2.45) is 5.92 Å². The molecule has 90 valence electrons. The molecule has 3 rings (SSSR count). The molecule has 2 N–H and O–H groups in total. The first-order valence-corrected chi connectivity index (χ1v) is 7.24. The summed E-state index contributed by atoms with van der Waals surface area (Å²) in [5, 5.41) is 12.3. The van der Waals surface area contributed by atoms with Gasteiger partial charge in [-0.15, -0.1) is 0 Å². The summed E-state index contributed by atoms with van der Waals surface area (Å²) in [6.07, 6.45) is 3.70. The van der Waals surface area contributed by atoms with Crippen LogP contribution in [0.15, 0.2) is 18.2 Å². The maximum atomic E-state index is 4.40. The van der Waals surface area contributed by atoms with Crippen LogP contribution < -0.4 is 5.32 Å². The Labute approximate surface area is 115 Å². The molecule has 0 bridgehead atoms. The van der Waals surface area contributed by atoms with Crippen LogP contribution in [0.1, 0.15) is 18.5 Å². The fourth-order valence-electron chi connectivity index (χ4n) is 2.57.